The summed E-state index contributed by atoms with van der Waals surface area (Å²) in [5.41, 5.74) is 1.54. The summed E-state index contributed by atoms with van der Waals surface area (Å²) in [6.07, 6.45) is 1.54. The average Bonchev–Trinajstić information content (AvgIpc) is 3.18. The SMILES string of the molecule is C=CC[C@@H]1C=C(C)C[C@H](C)C[C@H](OC)[C@H]2O[C@@](O)(C(=O)C(=O)N3CCCC[C@H]3C(=O)OC(C(C)=C[C@@H]3CC[C@@H](O)[C@H](OC)C3)[C@H](C)[C@@H](O)CC1=O)[C@H](O)C[C@@H]2OC. The van der Waals surface area contributed by atoms with Gasteiger partial charge in [0.2, 0.25) is 0 Å². The van der Waals surface area contributed by atoms with Crippen molar-refractivity contribution in [2.45, 2.75) is 159 Å². The predicted octanol–water partition coefficient (Wildman–Crippen LogP) is 3.36. The van der Waals surface area contributed by atoms with Gasteiger partial charge >= 0.3 is 5.97 Å². The van der Waals surface area contributed by atoms with Gasteiger partial charge in [-0.3, -0.25) is 14.4 Å². The molecule has 0 aromatic carbocycles. The van der Waals surface area contributed by atoms with Gasteiger partial charge < -0.3 is 49.0 Å². The Morgan fingerprint density at radius 2 is 1.60 bits per heavy atom. The zero-order valence-electron chi connectivity index (χ0n) is 34.8. The molecule has 0 aromatic heterocycles. The van der Waals surface area contributed by atoms with Crippen molar-refractivity contribution in [2.24, 2.45) is 23.7 Å². The Labute approximate surface area is 337 Å². The largest absolute Gasteiger partial charge is 0.456 e. The molecule has 0 aromatic rings. The molecule has 4 aliphatic rings. The number of cyclic esters (lactones) is 1. The van der Waals surface area contributed by atoms with E-state index >= 15 is 0 Å². The van der Waals surface area contributed by atoms with Crippen molar-refractivity contribution in [3.8, 4) is 0 Å². The number of Topliss-reactive ketones (excluding diaryl/α,β-unsaturated/α-hetero) is 2. The topological polar surface area (TPSA) is 199 Å². The van der Waals surface area contributed by atoms with E-state index in [1.165, 1.54) is 14.2 Å². The lowest BCUT2D eigenvalue weighted by Crippen LogP contribution is -2.67. The minimum atomic E-state index is -2.95. The Bertz CT molecular complexity index is 1480. The van der Waals surface area contributed by atoms with Gasteiger partial charge in [-0.25, -0.2) is 4.79 Å². The Hall–Kier alpha value is -2.82. The highest BCUT2D eigenvalue weighted by molar-refractivity contribution is 6.39. The lowest BCUT2D eigenvalue weighted by molar-refractivity contribution is -0.316. The van der Waals surface area contributed by atoms with Crippen LogP contribution in [0.4, 0.5) is 0 Å². The molecule has 1 aliphatic carbocycles. The molecule has 14 heteroatoms. The number of aliphatic hydroxyl groups excluding tert-OH is 3. The van der Waals surface area contributed by atoms with E-state index in [1.54, 1.807) is 27.0 Å². The Morgan fingerprint density at radius 1 is 0.930 bits per heavy atom. The highest BCUT2D eigenvalue weighted by Gasteiger charge is 2.58. The monoisotopic (exact) mass is 805 g/mol. The molecule has 322 valence electrons. The molecule has 1 amide bonds. The van der Waals surface area contributed by atoms with Crippen molar-refractivity contribution in [1.29, 1.82) is 0 Å². The normalized spacial score (nSPS) is 40.1. The standard InChI is InChI=1S/C43H67NO13/c1-9-12-29-18-24(2)17-25(3)19-35(54-7)39-36(55-8)23-37(48)43(52,57-39)40(49)41(50)44-16-11-10-13-30(44)42(51)56-38(27(5)32(46)22-33(29)47)26(4)20-28-14-15-31(45)34(21-28)53-6/h9,18,20,25,27-32,34-39,45-46,48,52H,1,10-17,19,21-23H2,2-8H3/t25-,27+,28-,29+,30-,31+,32-,34+,35-,36-,37+,38?,39+,43+/m0/s1. The number of ether oxygens (including phenoxy) is 5. The minimum Gasteiger partial charge on any atom is -0.456 e. The number of amides is 1. The second-order valence-electron chi connectivity index (χ2n) is 16.9. The highest BCUT2D eigenvalue weighted by Crippen LogP contribution is 2.37. The number of nitrogens with zero attached hydrogens (tertiary/aromatic N) is 1. The average molecular weight is 806 g/mol. The minimum absolute atomic E-state index is 0.00483. The summed E-state index contributed by atoms with van der Waals surface area (Å²) < 4.78 is 29.2. The fraction of sp³-hybridized carbons (Fsp3) is 0.767. The summed E-state index contributed by atoms with van der Waals surface area (Å²) in [6, 6.07) is -1.22. The number of rotatable bonds is 7. The van der Waals surface area contributed by atoms with E-state index < -0.39 is 84.1 Å². The molecule has 4 rings (SSSR count). The molecule has 1 unspecified atom stereocenters. The second kappa shape index (κ2) is 20.9. The van der Waals surface area contributed by atoms with Crippen LogP contribution in [0.25, 0.3) is 0 Å². The van der Waals surface area contributed by atoms with Gasteiger partial charge in [0.25, 0.3) is 17.5 Å². The number of hydrogen-bond acceptors (Lipinski definition) is 13. The van der Waals surface area contributed by atoms with E-state index in [4.69, 9.17) is 23.7 Å². The van der Waals surface area contributed by atoms with E-state index in [-0.39, 0.29) is 49.5 Å². The van der Waals surface area contributed by atoms with Crippen molar-refractivity contribution >= 4 is 23.4 Å². The summed E-state index contributed by atoms with van der Waals surface area (Å²) in [6.45, 7) is 11.3. The van der Waals surface area contributed by atoms with Crippen molar-refractivity contribution < 1.29 is 63.3 Å². The maximum absolute atomic E-state index is 14.3. The maximum Gasteiger partial charge on any atom is 0.329 e. The molecule has 1 saturated carbocycles. The molecule has 2 bridgehead atoms. The van der Waals surface area contributed by atoms with Crippen LogP contribution in [0.3, 0.4) is 0 Å². The molecule has 14 nitrogen and oxygen atoms in total. The van der Waals surface area contributed by atoms with E-state index in [0.29, 0.717) is 56.9 Å². The van der Waals surface area contributed by atoms with Crippen LogP contribution in [0, 0.1) is 23.7 Å². The van der Waals surface area contributed by atoms with Crippen molar-refractivity contribution in [2.75, 3.05) is 27.9 Å². The number of allylic oxidation sites excluding steroid dienone is 4. The smallest absolute Gasteiger partial charge is 0.329 e. The number of methoxy groups -OCH3 is 3. The predicted molar refractivity (Wildman–Crippen MR) is 209 cm³/mol. The third-order valence-electron chi connectivity index (χ3n) is 12.5. The van der Waals surface area contributed by atoms with Crippen LogP contribution in [-0.4, -0.2) is 137 Å². The summed E-state index contributed by atoms with van der Waals surface area (Å²) in [4.78, 5) is 57.4. The van der Waals surface area contributed by atoms with Crippen molar-refractivity contribution in [3.63, 3.8) is 0 Å². The van der Waals surface area contributed by atoms with Crippen LogP contribution < -0.4 is 0 Å². The van der Waals surface area contributed by atoms with Gasteiger partial charge in [0.1, 0.15) is 30.1 Å². The molecular formula is C43H67NO13. The maximum atomic E-state index is 14.3. The van der Waals surface area contributed by atoms with Crippen LogP contribution >= 0.6 is 0 Å². The first-order valence-electron chi connectivity index (χ1n) is 20.6. The number of aliphatic hydroxyl groups is 4. The first-order valence-corrected chi connectivity index (χ1v) is 20.6. The van der Waals surface area contributed by atoms with Crippen LogP contribution in [0.5, 0.6) is 0 Å². The van der Waals surface area contributed by atoms with Gasteiger partial charge in [0, 0.05) is 52.6 Å². The van der Waals surface area contributed by atoms with E-state index in [2.05, 4.69) is 6.58 Å². The second-order valence-corrected chi connectivity index (χ2v) is 16.9. The van der Waals surface area contributed by atoms with Crippen LogP contribution in [-0.2, 0) is 42.9 Å². The summed E-state index contributed by atoms with van der Waals surface area (Å²) in [5.74, 6) is -8.02. The van der Waals surface area contributed by atoms with E-state index in [1.807, 2.05) is 26.0 Å². The number of fused-ring (bicyclic) bond motifs is 3. The fourth-order valence-electron chi connectivity index (χ4n) is 9.19. The van der Waals surface area contributed by atoms with Gasteiger partial charge in [0.05, 0.1) is 30.5 Å². The zero-order valence-corrected chi connectivity index (χ0v) is 34.8. The first-order chi connectivity index (χ1) is 27.0. The number of ketones is 2. The van der Waals surface area contributed by atoms with Gasteiger partial charge in [-0.2, -0.15) is 0 Å². The Morgan fingerprint density at radius 3 is 2.25 bits per heavy atom. The molecule has 14 atom stereocenters. The lowest BCUT2D eigenvalue weighted by Gasteiger charge is -2.46. The number of esters is 1. The van der Waals surface area contributed by atoms with Crippen LogP contribution in [0.2, 0.25) is 0 Å². The van der Waals surface area contributed by atoms with Gasteiger partial charge in [0.15, 0.2) is 0 Å². The van der Waals surface area contributed by atoms with Crippen LogP contribution in [0.15, 0.2) is 36.0 Å². The molecule has 4 N–H and O–H groups in total. The molecular weight excluding hydrogens is 738 g/mol. The fourth-order valence-corrected chi connectivity index (χ4v) is 9.19. The molecule has 3 aliphatic heterocycles. The first kappa shape index (κ1) is 46.9. The molecule has 2 saturated heterocycles. The summed E-state index contributed by atoms with van der Waals surface area (Å²) in [5, 5.41) is 45.0. The molecule has 0 radical (unpaired) electrons. The van der Waals surface area contributed by atoms with Crippen molar-refractivity contribution in [1.82, 2.24) is 4.90 Å². The van der Waals surface area contributed by atoms with Gasteiger partial charge in [-0.15, -0.1) is 6.58 Å². The molecule has 3 heterocycles. The number of carbonyl (C=O) groups excluding carboxylic acids is 4. The Kier molecular flexibility index (Phi) is 17.2. The highest BCUT2D eigenvalue weighted by atomic mass is 16.7. The third-order valence-corrected chi connectivity index (χ3v) is 12.5. The number of carbonyl (C=O) groups is 4. The lowest BCUT2D eigenvalue weighted by atomic mass is 9.81. The molecule has 0 spiro atoms. The van der Waals surface area contributed by atoms with Crippen LogP contribution in [0.1, 0.15) is 98.3 Å². The zero-order chi connectivity index (χ0) is 42.2. The quantitative estimate of drug-likeness (QED) is 0.166. The summed E-state index contributed by atoms with van der Waals surface area (Å²) in [7, 11) is 4.42. The number of piperidine rings is 1. The molecule has 3 fully saturated rings. The number of hydrogen-bond donors (Lipinski definition) is 4. The van der Waals surface area contributed by atoms with Crippen molar-refractivity contribution in [3.05, 3.63) is 36.0 Å². The van der Waals surface area contributed by atoms with Gasteiger partial charge in [-0.05, 0) is 89.0 Å². The summed E-state index contributed by atoms with van der Waals surface area (Å²) >= 11 is 0. The van der Waals surface area contributed by atoms with E-state index in [0.717, 1.165) is 10.5 Å². The third kappa shape index (κ3) is 11.3. The molecule has 57 heavy (non-hydrogen) atoms. The van der Waals surface area contributed by atoms with E-state index in [9.17, 15) is 39.6 Å². The Balaban J connectivity index is 1.78. The van der Waals surface area contributed by atoms with Gasteiger partial charge in [-0.1, -0.05) is 37.6 Å².